The van der Waals surface area contributed by atoms with Gasteiger partial charge in [0, 0.05) is 28.8 Å². The number of nitrogens with zero attached hydrogens (tertiary/aromatic N) is 1. The number of carboxylic acids is 1. The van der Waals surface area contributed by atoms with Gasteiger partial charge in [-0.25, -0.2) is 4.79 Å². The number of benzene rings is 1. The number of halogens is 1. The Bertz CT molecular complexity index is 496. The number of rotatable bonds is 4. The molecular weight excluding hydrogens is 383 g/mol. The highest BCUT2D eigenvalue weighted by Gasteiger charge is 2.23. The van der Waals surface area contributed by atoms with Gasteiger partial charge in [0.1, 0.15) is 0 Å². The second-order valence-electron chi connectivity index (χ2n) is 5.30. The van der Waals surface area contributed by atoms with Crippen molar-refractivity contribution in [2.45, 2.75) is 25.7 Å². The average Bonchev–Trinajstić information content (AvgIpc) is 2.48. The summed E-state index contributed by atoms with van der Waals surface area (Å²) in [6.07, 6.45) is 2.70. The highest BCUT2D eigenvalue weighted by atomic mass is 127. The number of amides is 2. The van der Waals surface area contributed by atoms with Crippen LogP contribution in [0.15, 0.2) is 24.3 Å². The molecule has 0 aliphatic carbocycles. The molecule has 0 unspecified atom stereocenters. The van der Waals surface area contributed by atoms with E-state index < -0.39 is 5.97 Å². The lowest BCUT2D eigenvalue weighted by Gasteiger charge is -2.31. The van der Waals surface area contributed by atoms with E-state index in [1.807, 2.05) is 24.3 Å². The molecule has 5 nitrogen and oxygen atoms in total. The molecule has 1 saturated heterocycles. The summed E-state index contributed by atoms with van der Waals surface area (Å²) in [5.41, 5.74) is 0.799. The quantitative estimate of drug-likeness (QED) is 0.759. The molecule has 1 heterocycles. The van der Waals surface area contributed by atoms with Gasteiger partial charge in [0.2, 0.25) is 0 Å². The van der Waals surface area contributed by atoms with Crippen molar-refractivity contribution in [3.05, 3.63) is 27.8 Å². The predicted molar refractivity (Wildman–Crippen MR) is 89.3 cm³/mol. The Balaban J connectivity index is 1.77. The number of likely N-dealkylation sites (tertiary alicyclic amines) is 1. The van der Waals surface area contributed by atoms with Gasteiger partial charge in [-0.05, 0) is 72.0 Å². The van der Waals surface area contributed by atoms with Gasteiger partial charge in [-0.1, -0.05) is 0 Å². The zero-order chi connectivity index (χ0) is 15.2. The molecule has 0 aromatic heterocycles. The lowest BCUT2D eigenvalue weighted by atomic mass is 9.92. The molecule has 1 aromatic carbocycles. The molecule has 21 heavy (non-hydrogen) atoms. The van der Waals surface area contributed by atoms with Crippen molar-refractivity contribution in [1.82, 2.24) is 4.90 Å². The molecule has 2 N–H and O–H groups in total. The largest absolute Gasteiger partial charge is 0.481 e. The van der Waals surface area contributed by atoms with Crippen molar-refractivity contribution in [2.24, 2.45) is 5.92 Å². The zero-order valence-corrected chi connectivity index (χ0v) is 13.9. The van der Waals surface area contributed by atoms with Crippen LogP contribution in [0.2, 0.25) is 0 Å². The number of anilines is 1. The van der Waals surface area contributed by atoms with Crippen molar-refractivity contribution in [2.75, 3.05) is 18.4 Å². The monoisotopic (exact) mass is 402 g/mol. The van der Waals surface area contributed by atoms with E-state index in [0.717, 1.165) is 22.1 Å². The van der Waals surface area contributed by atoms with Crippen molar-refractivity contribution >= 4 is 40.3 Å². The van der Waals surface area contributed by atoms with Crippen LogP contribution < -0.4 is 5.32 Å². The summed E-state index contributed by atoms with van der Waals surface area (Å²) in [6.45, 7) is 1.39. The minimum Gasteiger partial charge on any atom is -0.481 e. The lowest BCUT2D eigenvalue weighted by molar-refractivity contribution is -0.137. The summed E-state index contributed by atoms with van der Waals surface area (Å²) in [4.78, 5) is 24.5. The van der Waals surface area contributed by atoms with Crippen molar-refractivity contribution in [3.8, 4) is 0 Å². The molecule has 0 bridgehead atoms. The highest BCUT2D eigenvalue weighted by Crippen LogP contribution is 2.22. The number of carbonyl (C=O) groups excluding carboxylic acids is 1. The zero-order valence-electron chi connectivity index (χ0n) is 11.7. The van der Waals surface area contributed by atoms with E-state index in [2.05, 4.69) is 27.9 Å². The Morgan fingerprint density at radius 1 is 1.24 bits per heavy atom. The Kier molecular flexibility index (Phi) is 5.84. The summed E-state index contributed by atoms with van der Waals surface area (Å²) < 4.78 is 1.13. The third-order valence-corrected chi connectivity index (χ3v) is 4.48. The van der Waals surface area contributed by atoms with Gasteiger partial charge in [-0.3, -0.25) is 4.79 Å². The Morgan fingerprint density at radius 2 is 1.86 bits per heavy atom. The normalized spacial score (nSPS) is 15.8. The van der Waals surface area contributed by atoms with Gasteiger partial charge in [0.15, 0.2) is 0 Å². The van der Waals surface area contributed by atoms with Gasteiger partial charge in [-0.15, -0.1) is 0 Å². The van der Waals surface area contributed by atoms with Crippen molar-refractivity contribution < 1.29 is 14.7 Å². The van der Waals surface area contributed by atoms with Gasteiger partial charge in [0.25, 0.3) is 0 Å². The van der Waals surface area contributed by atoms with Crippen LogP contribution in [0, 0.1) is 9.49 Å². The number of hydrogen-bond donors (Lipinski definition) is 2. The molecule has 0 radical (unpaired) electrons. The maximum absolute atomic E-state index is 12.1. The van der Waals surface area contributed by atoms with E-state index in [4.69, 9.17) is 5.11 Å². The van der Waals surface area contributed by atoms with E-state index in [-0.39, 0.29) is 12.5 Å². The van der Waals surface area contributed by atoms with Crippen LogP contribution in [-0.2, 0) is 4.79 Å². The predicted octanol–water partition coefficient (Wildman–Crippen LogP) is 3.40. The molecule has 2 rings (SSSR count). The molecule has 1 aliphatic heterocycles. The number of piperidine rings is 1. The molecule has 0 spiro atoms. The van der Waals surface area contributed by atoms with Crippen LogP contribution in [0.1, 0.15) is 25.7 Å². The van der Waals surface area contributed by atoms with Crippen molar-refractivity contribution in [3.63, 3.8) is 0 Å². The number of urea groups is 1. The maximum atomic E-state index is 12.1. The van der Waals surface area contributed by atoms with Gasteiger partial charge in [0.05, 0.1) is 0 Å². The third kappa shape index (κ3) is 5.18. The topological polar surface area (TPSA) is 69.6 Å². The van der Waals surface area contributed by atoms with E-state index in [1.165, 1.54) is 0 Å². The first-order valence-electron chi connectivity index (χ1n) is 7.08. The minimum absolute atomic E-state index is 0.0760. The summed E-state index contributed by atoms with van der Waals surface area (Å²) in [6, 6.07) is 7.61. The Morgan fingerprint density at radius 3 is 2.43 bits per heavy atom. The van der Waals surface area contributed by atoms with Crippen LogP contribution in [0.3, 0.4) is 0 Å². The standard InChI is InChI=1S/C15H19IN2O3/c16-12-2-4-13(5-3-12)17-15(21)18-9-7-11(8-10-18)1-6-14(19)20/h2-5,11H,1,6-10H2,(H,17,21)(H,19,20). The van der Waals surface area contributed by atoms with E-state index in [1.54, 1.807) is 4.90 Å². The Labute approximate surface area is 137 Å². The fourth-order valence-electron chi connectivity index (χ4n) is 2.49. The molecule has 6 heteroatoms. The Hall–Kier alpha value is -1.31. The van der Waals surface area contributed by atoms with Crippen LogP contribution in [0.4, 0.5) is 10.5 Å². The molecule has 0 saturated carbocycles. The summed E-state index contributed by atoms with van der Waals surface area (Å²) >= 11 is 2.22. The number of aliphatic carboxylic acids is 1. The first-order valence-corrected chi connectivity index (χ1v) is 8.16. The van der Waals surface area contributed by atoms with Crippen LogP contribution in [-0.4, -0.2) is 35.1 Å². The fourth-order valence-corrected chi connectivity index (χ4v) is 2.85. The van der Waals surface area contributed by atoms with E-state index in [9.17, 15) is 9.59 Å². The third-order valence-electron chi connectivity index (χ3n) is 3.76. The smallest absolute Gasteiger partial charge is 0.321 e. The van der Waals surface area contributed by atoms with E-state index >= 15 is 0 Å². The van der Waals surface area contributed by atoms with Gasteiger partial charge in [-0.2, -0.15) is 0 Å². The molecule has 114 valence electrons. The first kappa shape index (κ1) is 16.1. The van der Waals surface area contributed by atoms with E-state index in [0.29, 0.717) is 25.4 Å². The molecule has 2 amide bonds. The average molecular weight is 402 g/mol. The van der Waals surface area contributed by atoms with Gasteiger partial charge >= 0.3 is 12.0 Å². The molecule has 1 aromatic rings. The maximum Gasteiger partial charge on any atom is 0.321 e. The molecule has 0 atom stereocenters. The number of hydrogen-bond acceptors (Lipinski definition) is 2. The summed E-state index contributed by atoms with van der Waals surface area (Å²) in [5.74, 6) is -0.322. The molecule has 1 aliphatic rings. The summed E-state index contributed by atoms with van der Waals surface area (Å²) in [5, 5.41) is 11.6. The van der Waals surface area contributed by atoms with Crippen molar-refractivity contribution in [1.29, 1.82) is 0 Å². The van der Waals surface area contributed by atoms with Crippen LogP contribution in [0.5, 0.6) is 0 Å². The second-order valence-corrected chi connectivity index (χ2v) is 6.55. The second kappa shape index (κ2) is 7.63. The highest BCUT2D eigenvalue weighted by molar-refractivity contribution is 14.1. The SMILES string of the molecule is O=C(O)CCC1CCN(C(=O)Nc2ccc(I)cc2)CC1. The minimum atomic E-state index is -0.742. The summed E-state index contributed by atoms with van der Waals surface area (Å²) in [7, 11) is 0. The fraction of sp³-hybridized carbons (Fsp3) is 0.467. The number of carboxylic acid groups (broad SMARTS) is 1. The number of carbonyl (C=O) groups is 2. The molecule has 1 fully saturated rings. The van der Waals surface area contributed by atoms with Gasteiger partial charge < -0.3 is 15.3 Å². The molecular formula is C15H19IN2O3. The first-order chi connectivity index (χ1) is 10.0. The lowest BCUT2D eigenvalue weighted by Crippen LogP contribution is -2.41. The van der Waals surface area contributed by atoms with Crippen LogP contribution >= 0.6 is 22.6 Å². The number of nitrogens with one attached hydrogen (secondary N) is 1. The van der Waals surface area contributed by atoms with Crippen LogP contribution in [0.25, 0.3) is 0 Å².